The Morgan fingerprint density at radius 2 is 1.98 bits per heavy atom. The minimum Gasteiger partial charge on any atom is -0.387 e. The van der Waals surface area contributed by atoms with Crippen LogP contribution in [0.5, 0.6) is 0 Å². The topological polar surface area (TPSA) is 224 Å². The van der Waals surface area contributed by atoms with Gasteiger partial charge in [0, 0.05) is 25.3 Å². The van der Waals surface area contributed by atoms with Gasteiger partial charge in [0.1, 0.15) is 33.4 Å². The number of hydrogen-bond donors (Lipinski definition) is 5. The first-order chi connectivity index (χ1) is 20.8. The van der Waals surface area contributed by atoms with Gasteiger partial charge in [-0.25, -0.2) is 13.9 Å². The van der Waals surface area contributed by atoms with Crippen LogP contribution in [0.15, 0.2) is 16.6 Å². The van der Waals surface area contributed by atoms with E-state index in [2.05, 4.69) is 24.5 Å². The normalized spacial score (nSPS) is 27.5. The monoisotopic (exact) mass is 678 g/mol. The molecule has 0 bridgehead atoms. The van der Waals surface area contributed by atoms with Crippen LogP contribution in [0.3, 0.4) is 0 Å². The molecule has 2 aliphatic carbocycles. The fourth-order valence-electron chi connectivity index (χ4n) is 5.33. The van der Waals surface area contributed by atoms with Crippen LogP contribution < -0.4 is 10.0 Å². The third kappa shape index (κ3) is 6.95. The third-order valence-corrected chi connectivity index (χ3v) is 10.3. The van der Waals surface area contributed by atoms with E-state index in [9.17, 15) is 33.5 Å². The maximum Gasteiger partial charge on any atom is 0.299 e. The van der Waals surface area contributed by atoms with Crippen LogP contribution in [0.1, 0.15) is 44.8 Å². The highest BCUT2D eigenvalue weighted by Gasteiger charge is 2.50. The minimum atomic E-state index is -3.95. The van der Waals surface area contributed by atoms with Crippen molar-refractivity contribution in [2.75, 3.05) is 31.9 Å². The van der Waals surface area contributed by atoms with Crippen molar-refractivity contribution >= 4 is 58.1 Å². The molecule has 3 unspecified atom stereocenters. The lowest BCUT2D eigenvalue weighted by Crippen LogP contribution is -2.46. The van der Waals surface area contributed by atoms with E-state index in [1.54, 1.807) is 6.07 Å². The SMILES string of the molecule is COCC(OC[C@H]1O[C@@H](n2ncc3c(NC4CCCC4)cc(Cl)nc32)[C@H](O)[C@@H]1O)(C(=O)N=S(C)(=O)NC(=O)C1CC1)[PH](=O)O. The number of pyridine rings is 1. The Morgan fingerprint density at radius 1 is 1.27 bits per heavy atom. The number of nitrogens with zero attached hydrogens (tertiary/aromatic N) is 4. The molecule has 7 atom stereocenters. The van der Waals surface area contributed by atoms with Crippen molar-refractivity contribution in [3.05, 3.63) is 17.4 Å². The number of methoxy groups -OCH3 is 1. The van der Waals surface area contributed by atoms with Crippen molar-refractivity contribution in [1.82, 2.24) is 19.5 Å². The van der Waals surface area contributed by atoms with Gasteiger partial charge in [0.25, 0.3) is 5.91 Å². The van der Waals surface area contributed by atoms with Crippen LogP contribution in [-0.2, 0) is 38.3 Å². The molecule has 16 nitrogen and oxygen atoms in total. The molecule has 2 saturated carbocycles. The number of halogens is 1. The summed E-state index contributed by atoms with van der Waals surface area (Å²) in [6.07, 6.45) is 2.31. The average molecular weight is 679 g/mol. The van der Waals surface area contributed by atoms with E-state index in [0.29, 0.717) is 23.9 Å². The molecule has 0 aromatic carbocycles. The summed E-state index contributed by atoms with van der Waals surface area (Å²) in [4.78, 5) is 39.8. The molecular formula is C25H36ClN6O10PS. The maximum absolute atomic E-state index is 13.2. The number of ether oxygens (including phenoxy) is 3. The van der Waals surface area contributed by atoms with E-state index in [0.717, 1.165) is 39.0 Å². The summed E-state index contributed by atoms with van der Waals surface area (Å²) >= 11 is 6.31. The summed E-state index contributed by atoms with van der Waals surface area (Å²) in [7, 11) is -6.46. The van der Waals surface area contributed by atoms with Crippen molar-refractivity contribution < 1.29 is 47.7 Å². The first-order valence-electron chi connectivity index (χ1n) is 14.1. The van der Waals surface area contributed by atoms with Gasteiger partial charge in [-0.15, -0.1) is 4.36 Å². The molecule has 3 aliphatic rings. The number of rotatable bonds is 12. The zero-order valence-electron chi connectivity index (χ0n) is 24.1. The van der Waals surface area contributed by atoms with E-state index in [1.165, 1.54) is 10.9 Å². The van der Waals surface area contributed by atoms with Crippen LogP contribution in [0, 0.1) is 5.92 Å². The molecule has 19 heteroatoms. The Morgan fingerprint density at radius 3 is 2.61 bits per heavy atom. The maximum atomic E-state index is 13.2. The first kappa shape index (κ1) is 33.2. The Kier molecular flexibility index (Phi) is 9.99. The molecule has 1 saturated heterocycles. The van der Waals surface area contributed by atoms with Crippen LogP contribution in [-0.4, -0.2) is 102 Å². The number of hydrogen-bond acceptors (Lipinski definition) is 12. The largest absolute Gasteiger partial charge is 0.387 e. The van der Waals surface area contributed by atoms with Gasteiger partial charge in [-0.2, -0.15) is 5.10 Å². The Hall–Kier alpha value is -2.21. The van der Waals surface area contributed by atoms with E-state index >= 15 is 0 Å². The molecule has 5 N–H and O–H groups in total. The van der Waals surface area contributed by atoms with Crippen molar-refractivity contribution in [2.24, 2.45) is 10.3 Å². The molecule has 2 aromatic heterocycles. The molecule has 5 rings (SSSR count). The lowest BCUT2D eigenvalue weighted by molar-refractivity contribution is -0.147. The molecule has 0 spiro atoms. The standard InChI is InChI=1S/C25H36ClN6O10PS/c1-40-12-25(43(37)38,24(36)31-44(2,39)30-22(35)13-7-8-13)41-11-17-19(33)20(34)23(42-17)32-21-15(10-27-32)16(9-18(26)29-21)28-14-5-3-4-6-14/h9-10,13-14,17,19-20,23,33-34,43H,3-8,11-12H2,1-2H3,(H,28,29)(H,37,38)(H,30,31,35,36,39)/t17-,19-,20-,23-,25?,44?/m1/s1. The van der Waals surface area contributed by atoms with E-state index in [1.807, 2.05) is 0 Å². The van der Waals surface area contributed by atoms with Crippen molar-refractivity contribution in [3.8, 4) is 0 Å². The quantitative estimate of drug-likeness (QED) is 0.156. The number of aliphatic hydroxyl groups is 2. The predicted octanol–water partition coefficient (Wildman–Crippen LogP) is 0.950. The number of aliphatic hydroxyl groups excluding tert-OH is 2. The van der Waals surface area contributed by atoms with Gasteiger partial charge in [0.15, 0.2) is 11.9 Å². The lowest BCUT2D eigenvalue weighted by atomic mass is 10.1. The molecule has 1 aliphatic heterocycles. The van der Waals surface area contributed by atoms with Crippen molar-refractivity contribution in [1.29, 1.82) is 0 Å². The molecule has 2 aromatic rings. The highest BCUT2D eigenvalue weighted by molar-refractivity contribution is 7.91. The number of nitrogens with one attached hydrogen (secondary N) is 2. The zero-order valence-corrected chi connectivity index (χ0v) is 26.6. The summed E-state index contributed by atoms with van der Waals surface area (Å²) in [5.41, 5.74) is 0.997. The molecule has 3 fully saturated rings. The average Bonchev–Trinajstić information content (AvgIpc) is 3.42. The molecule has 3 heterocycles. The van der Waals surface area contributed by atoms with Crippen molar-refractivity contribution in [3.63, 3.8) is 0 Å². The molecular weight excluding hydrogens is 643 g/mol. The van der Waals surface area contributed by atoms with Gasteiger partial charge in [0.05, 0.1) is 30.5 Å². The van der Waals surface area contributed by atoms with Gasteiger partial charge < -0.3 is 34.6 Å². The summed E-state index contributed by atoms with van der Waals surface area (Å²) in [6, 6.07) is 1.96. The summed E-state index contributed by atoms with van der Waals surface area (Å²) in [5.74, 6) is -2.28. The third-order valence-electron chi connectivity index (χ3n) is 7.86. The van der Waals surface area contributed by atoms with E-state index < -0.39 is 72.9 Å². The summed E-state index contributed by atoms with van der Waals surface area (Å²) in [5, 5.41) is 27.7. The smallest absolute Gasteiger partial charge is 0.299 e. The lowest BCUT2D eigenvalue weighted by Gasteiger charge is -2.29. The molecule has 0 radical (unpaired) electrons. The Bertz CT molecular complexity index is 1560. The number of amides is 2. The van der Waals surface area contributed by atoms with Crippen LogP contribution in [0.4, 0.5) is 5.69 Å². The fourth-order valence-corrected chi connectivity index (χ4v) is 7.36. The molecule has 2 amide bonds. The number of aromatic nitrogens is 3. The highest BCUT2D eigenvalue weighted by atomic mass is 35.5. The van der Waals surface area contributed by atoms with Crippen molar-refractivity contribution in [2.45, 2.75) is 74.4 Å². The van der Waals surface area contributed by atoms with Crippen LogP contribution in [0.2, 0.25) is 5.15 Å². The number of carbonyl (C=O) groups excluding carboxylic acids is 2. The first-order valence-corrected chi connectivity index (χ1v) is 17.8. The second kappa shape index (κ2) is 13.3. The fraction of sp³-hybridized carbons (Fsp3) is 0.680. The highest BCUT2D eigenvalue weighted by Crippen LogP contribution is 2.41. The number of anilines is 1. The van der Waals surface area contributed by atoms with Crippen LogP contribution >= 0.6 is 19.6 Å². The van der Waals surface area contributed by atoms with E-state index in [-0.39, 0.29) is 22.8 Å². The van der Waals surface area contributed by atoms with Gasteiger partial charge >= 0.3 is 0 Å². The van der Waals surface area contributed by atoms with Gasteiger partial charge in [-0.1, -0.05) is 24.4 Å². The minimum absolute atomic E-state index is 0.174. The Balaban J connectivity index is 1.35. The number of fused-ring (bicyclic) bond motifs is 1. The zero-order chi connectivity index (χ0) is 31.8. The number of carbonyl (C=O) groups is 2. The van der Waals surface area contributed by atoms with Crippen LogP contribution in [0.25, 0.3) is 11.0 Å². The molecule has 244 valence electrons. The summed E-state index contributed by atoms with van der Waals surface area (Å²) in [6.45, 7) is -1.45. The summed E-state index contributed by atoms with van der Waals surface area (Å²) < 4.78 is 48.8. The van der Waals surface area contributed by atoms with Gasteiger partial charge in [-0.3, -0.25) is 18.9 Å². The second-order valence-corrected chi connectivity index (χ2v) is 15.1. The second-order valence-electron chi connectivity index (χ2n) is 11.3. The Labute approximate surface area is 259 Å². The van der Waals surface area contributed by atoms with Gasteiger partial charge in [-0.05, 0) is 31.7 Å². The molecule has 44 heavy (non-hydrogen) atoms. The predicted molar refractivity (Wildman–Crippen MR) is 158 cm³/mol. The van der Waals surface area contributed by atoms with Gasteiger partial charge in [0.2, 0.25) is 19.3 Å². The van der Waals surface area contributed by atoms with E-state index in [4.69, 9.17) is 25.8 Å².